The third-order valence-electron chi connectivity index (χ3n) is 3.06. The summed E-state index contributed by atoms with van der Waals surface area (Å²) in [5.41, 5.74) is 0. The first-order valence-electron chi connectivity index (χ1n) is 5.59. The molecule has 1 amide bonds. The molecular weight excluding hydrogens is 194 g/mol. The highest BCUT2D eigenvalue weighted by Crippen LogP contribution is 2.03. The second kappa shape index (κ2) is 4.92. The van der Waals surface area contributed by atoms with E-state index >= 15 is 0 Å². The van der Waals surface area contributed by atoms with Crippen LogP contribution in [0.5, 0.6) is 0 Å². The van der Waals surface area contributed by atoms with Crippen LogP contribution < -0.4 is 5.32 Å². The van der Waals surface area contributed by atoms with Crippen molar-refractivity contribution in [3.8, 4) is 0 Å². The van der Waals surface area contributed by atoms with E-state index in [1.807, 2.05) is 11.8 Å². The van der Waals surface area contributed by atoms with Gasteiger partial charge in [-0.3, -0.25) is 15.0 Å². The lowest BCUT2D eigenvalue weighted by molar-refractivity contribution is -0.128. The van der Waals surface area contributed by atoms with Gasteiger partial charge in [0.1, 0.15) is 0 Å². The standard InChI is InChI=1S/C10H19N3O2/c1-9-10(14)13(8-11-9)3-2-12-4-6-15-7-5-12/h9,11H,2-8H2,1H3. The summed E-state index contributed by atoms with van der Waals surface area (Å²) < 4.78 is 5.28. The van der Waals surface area contributed by atoms with Crippen molar-refractivity contribution in [3.05, 3.63) is 0 Å². The number of rotatable bonds is 3. The van der Waals surface area contributed by atoms with Gasteiger partial charge in [-0.1, -0.05) is 0 Å². The molecule has 15 heavy (non-hydrogen) atoms. The molecule has 2 rings (SSSR count). The maximum Gasteiger partial charge on any atom is 0.240 e. The average Bonchev–Trinajstić information content (AvgIpc) is 2.59. The number of carbonyl (C=O) groups is 1. The third kappa shape index (κ3) is 2.68. The zero-order chi connectivity index (χ0) is 10.7. The molecule has 1 unspecified atom stereocenters. The summed E-state index contributed by atoms with van der Waals surface area (Å²) in [5.74, 6) is 0.225. The Morgan fingerprint density at radius 1 is 1.40 bits per heavy atom. The fourth-order valence-corrected chi connectivity index (χ4v) is 1.96. The molecule has 2 heterocycles. The lowest BCUT2D eigenvalue weighted by Gasteiger charge is -2.28. The van der Waals surface area contributed by atoms with Crippen LogP contribution in [0.1, 0.15) is 6.92 Å². The molecule has 0 aromatic heterocycles. The highest BCUT2D eigenvalue weighted by atomic mass is 16.5. The predicted molar refractivity (Wildman–Crippen MR) is 56.4 cm³/mol. The molecular formula is C10H19N3O2. The number of hydrogen-bond acceptors (Lipinski definition) is 4. The molecule has 0 bridgehead atoms. The van der Waals surface area contributed by atoms with Crippen molar-refractivity contribution >= 4 is 5.91 Å². The summed E-state index contributed by atoms with van der Waals surface area (Å²) in [6, 6.07) is -0.00492. The number of hydrogen-bond donors (Lipinski definition) is 1. The maximum atomic E-state index is 11.6. The van der Waals surface area contributed by atoms with Gasteiger partial charge in [-0.05, 0) is 6.92 Å². The number of nitrogens with one attached hydrogen (secondary N) is 1. The van der Waals surface area contributed by atoms with E-state index < -0.39 is 0 Å². The second-order valence-corrected chi connectivity index (χ2v) is 4.14. The van der Waals surface area contributed by atoms with Crippen LogP contribution in [0.2, 0.25) is 0 Å². The van der Waals surface area contributed by atoms with E-state index in [2.05, 4.69) is 10.2 Å². The molecule has 0 spiro atoms. The van der Waals surface area contributed by atoms with Crippen molar-refractivity contribution < 1.29 is 9.53 Å². The molecule has 0 aliphatic carbocycles. The van der Waals surface area contributed by atoms with Crippen molar-refractivity contribution in [1.82, 2.24) is 15.1 Å². The lowest BCUT2D eigenvalue weighted by atomic mass is 10.3. The van der Waals surface area contributed by atoms with Crippen LogP contribution >= 0.6 is 0 Å². The van der Waals surface area contributed by atoms with Crippen molar-refractivity contribution in [1.29, 1.82) is 0 Å². The minimum Gasteiger partial charge on any atom is -0.379 e. The van der Waals surface area contributed by atoms with E-state index in [4.69, 9.17) is 4.74 Å². The highest BCUT2D eigenvalue weighted by Gasteiger charge is 2.27. The summed E-state index contributed by atoms with van der Waals surface area (Å²) in [6.45, 7) is 8.03. The minimum absolute atomic E-state index is 0.00492. The van der Waals surface area contributed by atoms with Gasteiger partial charge in [-0.15, -0.1) is 0 Å². The van der Waals surface area contributed by atoms with Gasteiger partial charge >= 0.3 is 0 Å². The smallest absolute Gasteiger partial charge is 0.240 e. The van der Waals surface area contributed by atoms with E-state index in [-0.39, 0.29) is 11.9 Å². The Hall–Kier alpha value is -0.650. The van der Waals surface area contributed by atoms with Crippen LogP contribution in [0.3, 0.4) is 0 Å². The summed E-state index contributed by atoms with van der Waals surface area (Å²) in [7, 11) is 0. The monoisotopic (exact) mass is 213 g/mol. The summed E-state index contributed by atoms with van der Waals surface area (Å²) in [5, 5.41) is 3.14. The zero-order valence-electron chi connectivity index (χ0n) is 9.24. The predicted octanol–water partition coefficient (Wildman–Crippen LogP) is -0.904. The molecule has 0 radical (unpaired) electrons. The zero-order valence-corrected chi connectivity index (χ0v) is 9.24. The van der Waals surface area contributed by atoms with Gasteiger partial charge in [0, 0.05) is 26.2 Å². The van der Waals surface area contributed by atoms with Crippen LogP contribution in [-0.2, 0) is 9.53 Å². The van der Waals surface area contributed by atoms with Crippen LogP contribution in [0, 0.1) is 0 Å². The Balaban J connectivity index is 1.71. The second-order valence-electron chi connectivity index (χ2n) is 4.14. The molecule has 1 N–H and O–H groups in total. The molecule has 2 fully saturated rings. The van der Waals surface area contributed by atoms with Crippen LogP contribution in [0.4, 0.5) is 0 Å². The first-order chi connectivity index (χ1) is 7.27. The molecule has 2 saturated heterocycles. The highest BCUT2D eigenvalue weighted by molar-refractivity contribution is 5.83. The number of carbonyl (C=O) groups excluding carboxylic acids is 1. The van der Waals surface area contributed by atoms with Crippen molar-refractivity contribution in [2.75, 3.05) is 46.1 Å². The van der Waals surface area contributed by atoms with Gasteiger partial charge in [-0.25, -0.2) is 0 Å². The Labute approximate surface area is 90.4 Å². The fraction of sp³-hybridized carbons (Fsp3) is 0.900. The van der Waals surface area contributed by atoms with Gasteiger partial charge in [0.25, 0.3) is 0 Å². The average molecular weight is 213 g/mol. The first-order valence-corrected chi connectivity index (χ1v) is 5.59. The van der Waals surface area contributed by atoms with E-state index in [0.717, 1.165) is 39.4 Å². The molecule has 0 saturated carbocycles. The number of amides is 1. The Morgan fingerprint density at radius 2 is 2.13 bits per heavy atom. The number of ether oxygens (including phenoxy) is 1. The van der Waals surface area contributed by atoms with Crippen LogP contribution in [-0.4, -0.2) is 67.8 Å². The molecule has 5 heteroatoms. The normalized spacial score (nSPS) is 28.7. The number of nitrogens with zero attached hydrogens (tertiary/aromatic N) is 2. The van der Waals surface area contributed by atoms with Gasteiger partial charge < -0.3 is 9.64 Å². The third-order valence-corrected chi connectivity index (χ3v) is 3.06. The van der Waals surface area contributed by atoms with E-state index in [9.17, 15) is 4.79 Å². The van der Waals surface area contributed by atoms with Gasteiger partial charge in [0.2, 0.25) is 5.91 Å². The van der Waals surface area contributed by atoms with Gasteiger partial charge in [0.15, 0.2) is 0 Å². The number of morpholine rings is 1. The Kier molecular flexibility index (Phi) is 3.56. The minimum atomic E-state index is -0.00492. The quantitative estimate of drug-likeness (QED) is 0.659. The van der Waals surface area contributed by atoms with Crippen molar-refractivity contribution in [2.45, 2.75) is 13.0 Å². The van der Waals surface area contributed by atoms with E-state index in [1.54, 1.807) is 0 Å². The van der Waals surface area contributed by atoms with Crippen LogP contribution in [0.15, 0.2) is 0 Å². The van der Waals surface area contributed by atoms with Crippen molar-refractivity contribution in [2.24, 2.45) is 0 Å². The van der Waals surface area contributed by atoms with Gasteiger partial charge in [-0.2, -0.15) is 0 Å². The van der Waals surface area contributed by atoms with E-state index in [1.165, 1.54) is 0 Å². The Bertz CT molecular complexity index is 229. The van der Waals surface area contributed by atoms with E-state index in [0.29, 0.717) is 6.67 Å². The summed E-state index contributed by atoms with van der Waals surface area (Å²) in [6.07, 6.45) is 0. The summed E-state index contributed by atoms with van der Waals surface area (Å²) in [4.78, 5) is 15.8. The van der Waals surface area contributed by atoms with Crippen LogP contribution in [0.25, 0.3) is 0 Å². The fourth-order valence-electron chi connectivity index (χ4n) is 1.96. The van der Waals surface area contributed by atoms with Crippen molar-refractivity contribution in [3.63, 3.8) is 0 Å². The molecule has 5 nitrogen and oxygen atoms in total. The maximum absolute atomic E-state index is 11.6. The SMILES string of the molecule is CC1NCN(CCN2CCOCC2)C1=O. The molecule has 86 valence electrons. The largest absolute Gasteiger partial charge is 0.379 e. The molecule has 0 aromatic rings. The molecule has 1 atom stereocenters. The first kappa shape index (κ1) is 10.9. The lowest BCUT2D eigenvalue weighted by Crippen LogP contribution is -2.42. The van der Waals surface area contributed by atoms with Gasteiger partial charge in [0.05, 0.1) is 25.9 Å². The molecule has 2 aliphatic rings. The molecule has 2 aliphatic heterocycles. The summed E-state index contributed by atoms with van der Waals surface area (Å²) >= 11 is 0. The topological polar surface area (TPSA) is 44.8 Å². The molecule has 0 aromatic carbocycles. The Morgan fingerprint density at radius 3 is 2.73 bits per heavy atom.